The molecule has 20 heavy (non-hydrogen) atoms. The predicted molar refractivity (Wildman–Crippen MR) is 82.8 cm³/mol. The molecule has 0 radical (unpaired) electrons. The second kappa shape index (κ2) is 7.33. The Kier molecular flexibility index (Phi) is 5.46. The molecule has 1 aliphatic heterocycles. The van der Waals surface area contributed by atoms with Gasteiger partial charge in [0.15, 0.2) is 0 Å². The molecule has 108 valence electrons. The first-order valence-corrected chi connectivity index (χ1v) is 7.06. The highest BCUT2D eigenvalue weighted by Gasteiger charge is 2.13. The summed E-state index contributed by atoms with van der Waals surface area (Å²) >= 11 is 4.97. The largest absolute Gasteiger partial charge is 0.389 e. The van der Waals surface area contributed by atoms with Crippen molar-refractivity contribution in [1.29, 1.82) is 0 Å². The number of hydrogen-bond acceptors (Lipinski definition) is 4. The fourth-order valence-electron chi connectivity index (χ4n) is 2.10. The van der Waals surface area contributed by atoms with Crippen molar-refractivity contribution in [2.75, 3.05) is 38.2 Å². The van der Waals surface area contributed by atoms with Crippen molar-refractivity contribution in [3.8, 4) is 0 Å². The van der Waals surface area contributed by atoms with Gasteiger partial charge in [-0.25, -0.2) is 0 Å². The Morgan fingerprint density at radius 2 is 2.05 bits per heavy atom. The highest BCUT2D eigenvalue weighted by Crippen LogP contribution is 2.15. The molecule has 3 N–H and O–H groups in total. The maximum absolute atomic E-state index is 12.0. The molecule has 1 heterocycles. The molecule has 0 atom stereocenters. The first-order chi connectivity index (χ1) is 9.66. The topological polar surface area (TPSA) is 67.6 Å². The average Bonchev–Trinajstić information content (AvgIpc) is 2.46. The molecule has 1 aromatic rings. The van der Waals surface area contributed by atoms with Gasteiger partial charge in [-0.1, -0.05) is 24.4 Å². The van der Waals surface area contributed by atoms with Crippen molar-refractivity contribution in [1.82, 2.24) is 4.90 Å². The van der Waals surface area contributed by atoms with E-state index in [1.54, 1.807) is 12.1 Å². The number of amides is 1. The van der Waals surface area contributed by atoms with Gasteiger partial charge in [0.2, 0.25) is 5.91 Å². The van der Waals surface area contributed by atoms with E-state index >= 15 is 0 Å². The van der Waals surface area contributed by atoms with Gasteiger partial charge in [-0.15, -0.1) is 0 Å². The highest BCUT2D eigenvalue weighted by molar-refractivity contribution is 7.80. The van der Waals surface area contributed by atoms with Crippen LogP contribution in [0.15, 0.2) is 24.3 Å². The van der Waals surface area contributed by atoms with E-state index in [9.17, 15) is 4.79 Å². The summed E-state index contributed by atoms with van der Waals surface area (Å²) in [4.78, 5) is 14.5. The van der Waals surface area contributed by atoms with Gasteiger partial charge in [0.25, 0.3) is 0 Å². The van der Waals surface area contributed by atoms with Crippen LogP contribution in [-0.4, -0.2) is 48.6 Å². The van der Waals surface area contributed by atoms with E-state index in [-0.39, 0.29) is 10.9 Å². The number of carbonyl (C=O) groups is 1. The lowest BCUT2D eigenvalue weighted by Gasteiger charge is -2.26. The molecule has 1 aliphatic rings. The summed E-state index contributed by atoms with van der Waals surface area (Å²) in [5.74, 6) is -0.0276. The van der Waals surface area contributed by atoms with Gasteiger partial charge < -0.3 is 15.8 Å². The molecule has 6 heteroatoms. The lowest BCUT2D eigenvalue weighted by molar-refractivity contribution is -0.116. The molecule has 0 aliphatic carbocycles. The molecular formula is C14H19N3O2S. The summed E-state index contributed by atoms with van der Waals surface area (Å²) in [6.07, 6.45) is 0.450. The number of anilines is 1. The van der Waals surface area contributed by atoms with Crippen LogP contribution in [0.3, 0.4) is 0 Å². The van der Waals surface area contributed by atoms with E-state index in [4.69, 9.17) is 22.7 Å². The Balaban J connectivity index is 1.86. The number of rotatable bonds is 5. The highest BCUT2D eigenvalue weighted by atomic mass is 32.1. The maximum atomic E-state index is 12.0. The van der Waals surface area contributed by atoms with E-state index < -0.39 is 0 Å². The van der Waals surface area contributed by atoms with E-state index in [1.807, 2.05) is 12.1 Å². The van der Waals surface area contributed by atoms with E-state index in [0.29, 0.717) is 17.7 Å². The SMILES string of the molecule is NC(=S)c1ccccc1NC(=O)CCN1CCOCC1. The van der Waals surface area contributed by atoms with E-state index in [2.05, 4.69) is 10.2 Å². The molecule has 1 aromatic carbocycles. The Hall–Kier alpha value is -1.50. The number of ether oxygens (including phenoxy) is 1. The lowest BCUT2D eigenvalue weighted by atomic mass is 10.1. The second-order valence-electron chi connectivity index (χ2n) is 4.66. The smallest absolute Gasteiger partial charge is 0.225 e. The standard InChI is InChI=1S/C14H19N3O2S/c15-14(20)11-3-1-2-4-12(11)16-13(18)5-6-17-7-9-19-10-8-17/h1-4H,5-10H2,(H2,15,20)(H,16,18). The Labute approximate surface area is 124 Å². The van der Waals surface area contributed by atoms with Crippen LogP contribution in [0.25, 0.3) is 0 Å². The molecule has 0 saturated carbocycles. The third-order valence-electron chi connectivity index (χ3n) is 3.23. The summed E-state index contributed by atoms with van der Waals surface area (Å²) in [5, 5.41) is 2.87. The normalized spacial score (nSPS) is 15.8. The van der Waals surface area contributed by atoms with Crippen LogP contribution >= 0.6 is 12.2 Å². The summed E-state index contributed by atoms with van der Waals surface area (Å²) in [5.41, 5.74) is 7.01. The van der Waals surface area contributed by atoms with Gasteiger partial charge in [0.05, 0.1) is 18.9 Å². The van der Waals surface area contributed by atoms with E-state index in [0.717, 1.165) is 32.8 Å². The Morgan fingerprint density at radius 3 is 2.75 bits per heavy atom. The van der Waals surface area contributed by atoms with Crippen molar-refractivity contribution >= 4 is 28.8 Å². The number of morpholine rings is 1. The van der Waals surface area contributed by atoms with Gasteiger partial charge in [-0.2, -0.15) is 0 Å². The zero-order valence-electron chi connectivity index (χ0n) is 11.3. The third-order valence-corrected chi connectivity index (χ3v) is 3.45. The van der Waals surface area contributed by atoms with Crippen LogP contribution < -0.4 is 11.1 Å². The molecule has 5 nitrogen and oxygen atoms in total. The first kappa shape index (κ1) is 14.9. The summed E-state index contributed by atoms with van der Waals surface area (Å²) in [6, 6.07) is 7.30. The summed E-state index contributed by atoms with van der Waals surface area (Å²) < 4.78 is 5.27. The minimum Gasteiger partial charge on any atom is -0.389 e. The Bertz CT molecular complexity index is 487. The predicted octanol–water partition coefficient (Wildman–Crippen LogP) is 0.982. The van der Waals surface area contributed by atoms with E-state index in [1.165, 1.54) is 0 Å². The van der Waals surface area contributed by atoms with Crippen molar-refractivity contribution in [2.24, 2.45) is 5.73 Å². The summed E-state index contributed by atoms with van der Waals surface area (Å²) in [6.45, 7) is 4.00. The van der Waals surface area contributed by atoms with Crippen LogP contribution in [0.1, 0.15) is 12.0 Å². The number of nitrogens with zero attached hydrogens (tertiary/aromatic N) is 1. The quantitative estimate of drug-likeness (QED) is 0.792. The van der Waals surface area contributed by atoms with Gasteiger partial charge in [-0.3, -0.25) is 9.69 Å². The first-order valence-electron chi connectivity index (χ1n) is 6.65. The molecule has 0 spiro atoms. The Morgan fingerprint density at radius 1 is 1.35 bits per heavy atom. The lowest BCUT2D eigenvalue weighted by Crippen LogP contribution is -2.38. The van der Waals surface area contributed by atoms with Gasteiger partial charge in [-0.05, 0) is 12.1 Å². The molecule has 2 rings (SSSR count). The van der Waals surface area contributed by atoms with Crippen LogP contribution in [0.5, 0.6) is 0 Å². The van der Waals surface area contributed by atoms with Gasteiger partial charge in [0, 0.05) is 31.6 Å². The zero-order valence-corrected chi connectivity index (χ0v) is 12.1. The number of nitrogens with one attached hydrogen (secondary N) is 1. The number of hydrogen-bond donors (Lipinski definition) is 2. The molecule has 0 aromatic heterocycles. The number of carbonyl (C=O) groups excluding carboxylic acids is 1. The van der Waals surface area contributed by atoms with Crippen molar-refractivity contribution < 1.29 is 9.53 Å². The molecule has 1 amide bonds. The van der Waals surface area contributed by atoms with Crippen molar-refractivity contribution in [3.05, 3.63) is 29.8 Å². The zero-order chi connectivity index (χ0) is 14.4. The van der Waals surface area contributed by atoms with Crippen molar-refractivity contribution in [2.45, 2.75) is 6.42 Å². The van der Waals surface area contributed by atoms with Crippen LogP contribution in [0.2, 0.25) is 0 Å². The van der Waals surface area contributed by atoms with Crippen LogP contribution in [0.4, 0.5) is 5.69 Å². The molecule has 0 unspecified atom stereocenters. The monoisotopic (exact) mass is 293 g/mol. The number of benzene rings is 1. The molecular weight excluding hydrogens is 274 g/mol. The van der Waals surface area contributed by atoms with Crippen LogP contribution in [0, 0.1) is 0 Å². The third kappa shape index (κ3) is 4.26. The second-order valence-corrected chi connectivity index (χ2v) is 5.10. The fraction of sp³-hybridized carbons (Fsp3) is 0.429. The molecule has 1 saturated heterocycles. The number of thiocarbonyl (C=S) groups is 1. The van der Waals surface area contributed by atoms with Gasteiger partial charge >= 0.3 is 0 Å². The maximum Gasteiger partial charge on any atom is 0.225 e. The minimum atomic E-state index is -0.0276. The van der Waals surface area contributed by atoms with Gasteiger partial charge in [0.1, 0.15) is 4.99 Å². The van der Waals surface area contributed by atoms with Crippen LogP contribution in [-0.2, 0) is 9.53 Å². The average molecular weight is 293 g/mol. The van der Waals surface area contributed by atoms with Crippen molar-refractivity contribution in [3.63, 3.8) is 0 Å². The number of para-hydroxylation sites is 1. The summed E-state index contributed by atoms with van der Waals surface area (Å²) in [7, 11) is 0. The fourth-order valence-corrected chi connectivity index (χ4v) is 2.28. The minimum absolute atomic E-state index is 0.0276. The number of nitrogens with two attached hydrogens (primary N) is 1. The molecule has 1 fully saturated rings. The molecule has 0 bridgehead atoms.